The smallest absolute Gasteiger partial charge is 0.310 e. The van der Waals surface area contributed by atoms with Crippen LogP contribution in [-0.4, -0.2) is 35.6 Å². The van der Waals surface area contributed by atoms with E-state index in [9.17, 15) is 26.4 Å². The zero-order valence-corrected chi connectivity index (χ0v) is 18.6. The van der Waals surface area contributed by atoms with Gasteiger partial charge in [-0.3, -0.25) is 4.79 Å². The van der Waals surface area contributed by atoms with Gasteiger partial charge in [-0.15, -0.1) is 0 Å². The van der Waals surface area contributed by atoms with Crippen LogP contribution in [0.25, 0.3) is 0 Å². The number of piperidine rings is 1. The molecule has 1 aliphatic carbocycles. The Balaban J connectivity index is 1.53. The minimum Gasteiger partial charge on any atom is -0.310 e. The van der Waals surface area contributed by atoms with E-state index < -0.39 is 37.1 Å². The Kier molecular flexibility index (Phi) is 5.55. The average molecular weight is 468 g/mol. The second-order valence-corrected chi connectivity index (χ2v) is 11.5. The van der Waals surface area contributed by atoms with Crippen molar-refractivity contribution in [2.75, 3.05) is 11.4 Å². The highest BCUT2D eigenvalue weighted by atomic mass is 32.2. The van der Waals surface area contributed by atoms with Crippen molar-refractivity contribution in [3.8, 4) is 0 Å². The number of rotatable bonds is 5. The number of hydrogen-bond donors (Lipinski definition) is 0. The highest BCUT2D eigenvalue weighted by molar-refractivity contribution is 7.92. The summed E-state index contributed by atoms with van der Waals surface area (Å²) in [5.41, 5.74) is -0.452. The van der Waals surface area contributed by atoms with Gasteiger partial charge in [-0.25, -0.2) is 18.4 Å². The van der Waals surface area contributed by atoms with Crippen molar-refractivity contribution in [1.29, 1.82) is 0 Å². The van der Waals surface area contributed by atoms with Crippen LogP contribution >= 0.6 is 0 Å². The summed E-state index contributed by atoms with van der Waals surface area (Å²) in [6, 6.07) is 3.75. The summed E-state index contributed by atoms with van der Waals surface area (Å²) >= 11 is 0. The summed E-state index contributed by atoms with van der Waals surface area (Å²) in [6.45, 7) is 3.24. The van der Waals surface area contributed by atoms with Crippen LogP contribution in [0.5, 0.6) is 0 Å². The molecule has 1 saturated heterocycles. The third kappa shape index (κ3) is 4.12. The maximum atomic E-state index is 13.3. The van der Waals surface area contributed by atoms with Crippen molar-refractivity contribution in [2.45, 2.75) is 61.3 Å². The summed E-state index contributed by atoms with van der Waals surface area (Å²) < 4.78 is 64.4. The molecular formula is C22H24F3N3O3S. The van der Waals surface area contributed by atoms with Gasteiger partial charge in [0.15, 0.2) is 9.84 Å². The summed E-state index contributed by atoms with van der Waals surface area (Å²) in [4.78, 5) is 22.7. The normalized spacial score (nSPS) is 20.5. The minimum absolute atomic E-state index is 0.0322. The molecule has 10 heteroatoms. The second-order valence-electron chi connectivity index (χ2n) is 8.94. The van der Waals surface area contributed by atoms with E-state index in [1.165, 1.54) is 19.9 Å². The molecule has 172 valence electrons. The summed E-state index contributed by atoms with van der Waals surface area (Å²) in [5, 5.41) is 0. The summed E-state index contributed by atoms with van der Waals surface area (Å²) in [7, 11) is -4.13. The van der Waals surface area contributed by atoms with Crippen LogP contribution in [0.1, 0.15) is 56.8 Å². The first-order valence-electron chi connectivity index (χ1n) is 10.5. The van der Waals surface area contributed by atoms with Crippen LogP contribution in [0, 0.1) is 5.92 Å². The predicted molar refractivity (Wildman–Crippen MR) is 112 cm³/mol. The molecule has 1 amide bonds. The quantitative estimate of drug-likeness (QED) is 0.653. The molecule has 1 aliphatic heterocycles. The lowest BCUT2D eigenvalue weighted by molar-refractivity contribution is -0.137. The molecule has 2 fully saturated rings. The molecule has 2 aliphatic rings. The molecule has 2 aromatic rings. The number of amides is 1. The molecule has 0 spiro atoms. The third-order valence-electron chi connectivity index (χ3n) is 6.48. The Bertz CT molecular complexity index is 1130. The molecule has 1 saturated carbocycles. The van der Waals surface area contributed by atoms with Crippen molar-refractivity contribution in [2.24, 2.45) is 5.92 Å². The topological polar surface area (TPSA) is 80.2 Å². The van der Waals surface area contributed by atoms with Gasteiger partial charge in [-0.1, -0.05) is 6.07 Å². The second kappa shape index (κ2) is 7.83. The number of carbonyl (C=O) groups excluding carboxylic acids is 1. The number of halogens is 3. The van der Waals surface area contributed by atoms with Crippen LogP contribution in [0.3, 0.4) is 0 Å². The third-order valence-corrected chi connectivity index (χ3v) is 9.08. The number of carbonyl (C=O) groups is 1. The minimum atomic E-state index is -4.64. The van der Waals surface area contributed by atoms with E-state index in [0.29, 0.717) is 24.1 Å². The van der Waals surface area contributed by atoms with Crippen LogP contribution in [0.2, 0.25) is 0 Å². The maximum absolute atomic E-state index is 13.3. The molecular weight excluding hydrogens is 443 g/mol. The number of hydrogen-bond acceptors (Lipinski definition) is 5. The van der Waals surface area contributed by atoms with E-state index in [1.54, 1.807) is 17.3 Å². The fourth-order valence-corrected chi connectivity index (χ4v) is 5.87. The van der Waals surface area contributed by atoms with Gasteiger partial charge in [0, 0.05) is 18.9 Å². The molecule has 0 unspecified atom stereocenters. The molecule has 1 atom stereocenters. The van der Waals surface area contributed by atoms with E-state index >= 15 is 0 Å². The van der Waals surface area contributed by atoms with E-state index in [4.69, 9.17) is 0 Å². The maximum Gasteiger partial charge on any atom is 0.416 e. The number of sulfone groups is 1. The Labute approximate surface area is 184 Å². The van der Waals surface area contributed by atoms with Gasteiger partial charge in [0.2, 0.25) is 5.91 Å². The zero-order chi connectivity index (χ0) is 23.3. The largest absolute Gasteiger partial charge is 0.416 e. The molecule has 0 bridgehead atoms. The number of nitrogens with zero attached hydrogens (tertiary/aromatic N) is 3. The van der Waals surface area contributed by atoms with Crippen LogP contribution < -0.4 is 4.90 Å². The molecule has 1 aromatic heterocycles. The lowest BCUT2D eigenvalue weighted by Crippen LogP contribution is -2.48. The van der Waals surface area contributed by atoms with Crippen LogP contribution in [0.15, 0.2) is 41.6 Å². The SMILES string of the molecule is CC(C)([C@@H]1CCN(c2cnc(C3CC3)nc2)C(=O)C1)S(=O)(=O)c1cccc(C(F)(F)F)c1. The first-order chi connectivity index (χ1) is 14.9. The first kappa shape index (κ1) is 22.7. The molecule has 2 heterocycles. The van der Waals surface area contributed by atoms with Crippen molar-refractivity contribution in [3.05, 3.63) is 48.0 Å². The molecule has 0 radical (unpaired) electrons. The van der Waals surface area contributed by atoms with Crippen molar-refractivity contribution >= 4 is 21.4 Å². The van der Waals surface area contributed by atoms with E-state index in [1.807, 2.05) is 0 Å². The number of aromatic nitrogens is 2. The zero-order valence-electron chi connectivity index (χ0n) is 17.8. The van der Waals surface area contributed by atoms with Crippen molar-refractivity contribution < 1.29 is 26.4 Å². The van der Waals surface area contributed by atoms with Gasteiger partial charge in [-0.05, 0) is 57.2 Å². The summed E-state index contributed by atoms with van der Waals surface area (Å²) in [5.74, 6) is 0.366. The van der Waals surface area contributed by atoms with Gasteiger partial charge >= 0.3 is 6.18 Å². The lowest BCUT2D eigenvalue weighted by atomic mass is 9.85. The van der Waals surface area contributed by atoms with Gasteiger partial charge in [0.1, 0.15) is 5.82 Å². The fraction of sp³-hybridized carbons (Fsp3) is 0.500. The van der Waals surface area contributed by atoms with E-state index in [-0.39, 0.29) is 18.9 Å². The average Bonchev–Trinajstić information content (AvgIpc) is 3.58. The molecule has 0 N–H and O–H groups in total. The Hall–Kier alpha value is -2.49. The Morgan fingerprint density at radius 3 is 2.28 bits per heavy atom. The molecule has 32 heavy (non-hydrogen) atoms. The Morgan fingerprint density at radius 1 is 1.06 bits per heavy atom. The highest BCUT2D eigenvalue weighted by Gasteiger charge is 2.46. The van der Waals surface area contributed by atoms with E-state index in [0.717, 1.165) is 30.8 Å². The van der Waals surface area contributed by atoms with Crippen LogP contribution in [-0.2, 0) is 20.8 Å². The van der Waals surface area contributed by atoms with Gasteiger partial charge in [0.25, 0.3) is 0 Å². The number of anilines is 1. The van der Waals surface area contributed by atoms with Gasteiger partial charge in [0.05, 0.1) is 33.3 Å². The van der Waals surface area contributed by atoms with Gasteiger partial charge < -0.3 is 4.90 Å². The van der Waals surface area contributed by atoms with Crippen LogP contribution in [0.4, 0.5) is 18.9 Å². The summed E-state index contributed by atoms with van der Waals surface area (Å²) in [6.07, 6.45) is 1.08. The fourth-order valence-electron chi connectivity index (χ4n) is 4.08. The molecule has 1 aromatic carbocycles. The van der Waals surface area contributed by atoms with E-state index in [2.05, 4.69) is 9.97 Å². The van der Waals surface area contributed by atoms with Gasteiger partial charge in [-0.2, -0.15) is 13.2 Å². The molecule has 4 rings (SSSR count). The number of alkyl halides is 3. The predicted octanol–water partition coefficient (Wildman–Crippen LogP) is 4.37. The highest BCUT2D eigenvalue weighted by Crippen LogP contribution is 2.41. The lowest BCUT2D eigenvalue weighted by Gasteiger charge is -2.39. The first-order valence-corrected chi connectivity index (χ1v) is 11.9. The molecule has 6 nitrogen and oxygen atoms in total. The Morgan fingerprint density at radius 2 is 1.72 bits per heavy atom. The monoisotopic (exact) mass is 467 g/mol. The standard InChI is InChI=1S/C22H24F3N3O3S/c1-21(2,32(30,31)18-5-3-4-16(10-18)22(23,24)25)15-8-9-28(19(29)11-15)17-12-26-20(27-13-17)14-6-7-14/h3-5,10,12-15H,6-9,11H2,1-2H3/t15-/m1/s1. The number of benzene rings is 1. The van der Waals surface area contributed by atoms with Crippen molar-refractivity contribution in [3.63, 3.8) is 0 Å². The van der Waals surface area contributed by atoms with Crippen molar-refractivity contribution in [1.82, 2.24) is 9.97 Å².